The van der Waals surface area contributed by atoms with Gasteiger partial charge in [0.25, 0.3) is 5.91 Å². The molecule has 0 atom stereocenters. The van der Waals surface area contributed by atoms with Crippen molar-refractivity contribution in [3.05, 3.63) is 71.8 Å². The van der Waals surface area contributed by atoms with Crippen molar-refractivity contribution >= 4 is 39.7 Å². The van der Waals surface area contributed by atoms with Gasteiger partial charge in [0.15, 0.2) is 5.75 Å². The first-order chi connectivity index (χ1) is 18.2. The van der Waals surface area contributed by atoms with E-state index in [2.05, 4.69) is 16.3 Å². The van der Waals surface area contributed by atoms with E-state index in [0.717, 1.165) is 61.2 Å². The lowest BCUT2D eigenvalue weighted by molar-refractivity contribution is 0.0965. The highest BCUT2D eigenvalue weighted by molar-refractivity contribution is 7.22. The third-order valence-electron chi connectivity index (χ3n) is 7.07. The molecule has 1 N–H and O–H groups in total. The van der Waals surface area contributed by atoms with Crippen LogP contribution in [0.2, 0.25) is 0 Å². The minimum absolute atomic E-state index is 0. The number of nitrogens with one attached hydrogen (secondary N) is 1. The third-order valence-corrected chi connectivity index (χ3v) is 8.25. The van der Waals surface area contributed by atoms with E-state index in [0.29, 0.717) is 13.2 Å². The lowest BCUT2D eigenvalue weighted by Crippen LogP contribution is -2.33. The van der Waals surface area contributed by atoms with Crippen LogP contribution < -0.4 is 19.5 Å². The molecule has 8 heteroatoms. The van der Waals surface area contributed by atoms with Gasteiger partial charge in [0.1, 0.15) is 23.9 Å². The largest absolute Gasteiger partial charge is 0.497 e. The number of carbonyl (C=O) groups excluding carboxylic acids is 1. The number of likely N-dealkylation sites (tertiary alicyclic amines) is 1. The Hall–Kier alpha value is -3.26. The Morgan fingerprint density at radius 1 is 0.921 bits per heavy atom. The van der Waals surface area contributed by atoms with Gasteiger partial charge in [-0.3, -0.25) is 9.69 Å². The van der Waals surface area contributed by atoms with Gasteiger partial charge in [-0.1, -0.05) is 12.5 Å². The summed E-state index contributed by atoms with van der Waals surface area (Å²) >= 11 is 1.66. The molecule has 1 amide bonds. The first-order valence-corrected chi connectivity index (χ1v) is 13.6. The first-order valence-electron chi connectivity index (χ1n) is 12.8. The number of thiophene rings is 1. The molecular formula is C30H31ClN2O4S. The van der Waals surface area contributed by atoms with E-state index < -0.39 is 0 Å². The number of ether oxygens (including phenoxy) is 3. The van der Waals surface area contributed by atoms with Crippen molar-refractivity contribution in [1.29, 1.82) is 0 Å². The zero-order valence-electron chi connectivity index (χ0n) is 21.3. The number of amides is 1. The Morgan fingerprint density at radius 3 is 2.47 bits per heavy atom. The van der Waals surface area contributed by atoms with Crippen LogP contribution >= 0.6 is 23.7 Å². The van der Waals surface area contributed by atoms with Gasteiger partial charge in [-0.25, -0.2) is 0 Å². The van der Waals surface area contributed by atoms with E-state index in [-0.39, 0.29) is 18.3 Å². The maximum absolute atomic E-state index is 12.0. The summed E-state index contributed by atoms with van der Waals surface area (Å²) in [4.78, 5) is 15.5. The molecule has 4 aromatic rings. The molecule has 0 bridgehead atoms. The minimum Gasteiger partial charge on any atom is -0.497 e. The second kappa shape index (κ2) is 11.6. The molecule has 3 aromatic carbocycles. The molecule has 0 unspecified atom stereocenters. The molecule has 0 radical (unpaired) electrons. The summed E-state index contributed by atoms with van der Waals surface area (Å²) in [6.45, 7) is 4.56. The molecule has 0 aliphatic carbocycles. The van der Waals surface area contributed by atoms with Gasteiger partial charge in [0, 0.05) is 28.7 Å². The summed E-state index contributed by atoms with van der Waals surface area (Å²) < 4.78 is 19.0. The highest BCUT2D eigenvalue weighted by Crippen LogP contribution is 2.47. The monoisotopic (exact) mass is 550 g/mol. The Labute approximate surface area is 232 Å². The van der Waals surface area contributed by atoms with Gasteiger partial charge in [0.05, 0.1) is 12.0 Å². The fourth-order valence-corrected chi connectivity index (χ4v) is 6.20. The number of hydrogen-bond acceptors (Lipinski definition) is 6. The Morgan fingerprint density at radius 2 is 1.68 bits per heavy atom. The van der Waals surface area contributed by atoms with Gasteiger partial charge >= 0.3 is 0 Å². The lowest BCUT2D eigenvalue weighted by Gasteiger charge is -2.26. The summed E-state index contributed by atoms with van der Waals surface area (Å²) in [6, 6.07) is 19.9. The molecular weight excluding hydrogens is 520 g/mol. The fourth-order valence-electron chi connectivity index (χ4n) is 5.04. The minimum atomic E-state index is -0.0164. The van der Waals surface area contributed by atoms with Gasteiger partial charge in [-0.15, -0.1) is 23.7 Å². The number of hydrogen-bond donors (Lipinski definition) is 1. The quantitative estimate of drug-likeness (QED) is 0.258. The van der Waals surface area contributed by atoms with E-state index in [9.17, 15) is 4.79 Å². The smallest absolute Gasteiger partial charge is 0.251 e. The molecule has 1 saturated heterocycles. The zero-order valence-corrected chi connectivity index (χ0v) is 23.0. The van der Waals surface area contributed by atoms with E-state index >= 15 is 0 Å². The van der Waals surface area contributed by atoms with Crippen molar-refractivity contribution in [3.63, 3.8) is 0 Å². The number of benzene rings is 3. The van der Waals surface area contributed by atoms with Crippen LogP contribution in [0.15, 0.2) is 60.7 Å². The van der Waals surface area contributed by atoms with Crippen molar-refractivity contribution in [2.24, 2.45) is 0 Å². The van der Waals surface area contributed by atoms with Crippen molar-refractivity contribution in [1.82, 2.24) is 10.2 Å². The molecule has 6 nitrogen and oxygen atoms in total. The van der Waals surface area contributed by atoms with Crippen LogP contribution in [0, 0.1) is 0 Å². The van der Waals surface area contributed by atoms with E-state index in [4.69, 9.17) is 14.2 Å². The summed E-state index contributed by atoms with van der Waals surface area (Å²) in [6.07, 6.45) is 3.92. The van der Waals surface area contributed by atoms with Gasteiger partial charge in [-0.2, -0.15) is 0 Å². The van der Waals surface area contributed by atoms with Crippen LogP contribution in [0.3, 0.4) is 0 Å². The summed E-state index contributed by atoms with van der Waals surface area (Å²) in [5, 5.41) is 3.93. The standard InChI is InChI=1S/C30H30N2O4S.ClH/c1-34-24-10-12-26-27(18-24)37-29(20-5-11-25-21(17-20)19-31-30(25)33)28(26)36-23-8-6-22(7-9-23)35-16-15-32-13-3-2-4-14-32;/h5-12,17-18H,2-4,13-16,19H2,1H3,(H,31,33);1H. The molecule has 2 aliphatic heterocycles. The van der Waals surface area contributed by atoms with E-state index in [1.54, 1.807) is 18.4 Å². The van der Waals surface area contributed by atoms with Crippen molar-refractivity contribution in [2.75, 3.05) is 33.4 Å². The number of halogens is 1. The molecule has 0 spiro atoms. The molecule has 6 rings (SSSR count). The summed E-state index contributed by atoms with van der Waals surface area (Å²) in [5.41, 5.74) is 2.78. The molecule has 1 aromatic heterocycles. The number of methoxy groups -OCH3 is 1. The van der Waals surface area contributed by atoms with Crippen LogP contribution in [0.5, 0.6) is 23.0 Å². The maximum Gasteiger partial charge on any atom is 0.251 e. The average molecular weight is 551 g/mol. The van der Waals surface area contributed by atoms with Crippen LogP contribution in [0.25, 0.3) is 20.5 Å². The van der Waals surface area contributed by atoms with Crippen LogP contribution in [0.1, 0.15) is 35.2 Å². The van der Waals surface area contributed by atoms with Crippen LogP contribution in [0.4, 0.5) is 0 Å². The zero-order chi connectivity index (χ0) is 25.2. The first kappa shape index (κ1) is 26.4. The topological polar surface area (TPSA) is 60.0 Å². The lowest BCUT2D eigenvalue weighted by atomic mass is 10.0. The maximum atomic E-state index is 12.0. The predicted molar refractivity (Wildman–Crippen MR) is 155 cm³/mol. The van der Waals surface area contributed by atoms with Gasteiger partial charge in [-0.05, 0) is 91.7 Å². The number of piperidine rings is 1. The summed E-state index contributed by atoms with van der Waals surface area (Å²) in [7, 11) is 1.67. The van der Waals surface area contributed by atoms with Gasteiger partial charge < -0.3 is 19.5 Å². The van der Waals surface area contributed by atoms with Crippen LogP contribution in [-0.4, -0.2) is 44.2 Å². The molecule has 3 heterocycles. The third kappa shape index (κ3) is 5.46. The predicted octanol–water partition coefficient (Wildman–Crippen LogP) is 6.90. The van der Waals surface area contributed by atoms with Crippen LogP contribution in [-0.2, 0) is 6.54 Å². The Bertz CT molecular complexity index is 1430. The fraction of sp³-hybridized carbons (Fsp3) is 0.300. The molecule has 2 aliphatic rings. The molecule has 1 fully saturated rings. The second-order valence-electron chi connectivity index (χ2n) is 9.50. The van der Waals surface area contributed by atoms with Gasteiger partial charge in [0.2, 0.25) is 0 Å². The van der Waals surface area contributed by atoms with Crippen molar-refractivity contribution < 1.29 is 19.0 Å². The van der Waals surface area contributed by atoms with E-state index in [1.807, 2.05) is 54.6 Å². The number of rotatable bonds is 8. The Kier molecular flexibility index (Phi) is 8.07. The van der Waals surface area contributed by atoms with E-state index in [1.165, 1.54) is 32.4 Å². The van der Waals surface area contributed by atoms with Crippen molar-refractivity contribution in [3.8, 4) is 33.4 Å². The highest BCUT2D eigenvalue weighted by Gasteiger charge is 2.22. The normalized spacial score (nSPS) is 15.0. The highest BCUT2D eigenvalue weighted by atomic mass is 35.5. The molecule has 198 valence electrons. The number of fused-ring (bicyclic) bond motifs is 2. The summed E-state index contributed by atoms with van der Waals surface area (Å²) in [5.74, 6) is 3.19. The number of nitrogens with zero attached hydrogens (tertiary/aromatic N) is 1. The Balaban J connectivity index is 0.00000294. The second-order valence-corrected chi connectivity index (χ2v) is 10.6. The molecule has 38 heavy (non-hydrogen) atoms. The number of carbonyl (C=O) groups is 1. The SMILES string of the molecule is COc1ccc2c(Oc3ccc(OCCN4CCCCC4)cc3)c(-c3ccc4c(c3)CNC4=O)sc2c1.Cl. The molecule has 0 saturated carbocycles. The van der Waals surface area contributed by atoms with Crippen molar-refractivity contribution in [2.45, 2.75) is 25.8 Å². The average Bonchev–Trinajstić information content (AvgIpc) is 3.49.